The molecular formula is C15H23FN2O. The predicted molar refractivity (Wildman–Crippen MR) is 75.1 cm³/mol. The van der Waals surface area contributed by atoms with E-state index in [1.165, 1.54) is 18.9 Å². The fraction of sp³-hybridized carbons (Fsp3) is 0.600. The zero-order valence-corrected chi connectivity index (χ0v) is 11.5. The van der Waals surface area contributed by atoms with Crippen LogP contribution in [0.1, 0.15) is 18.4 Å². The number of hydrogen-bond donors (Lipinski definition) is 2. The molecule has 1 fully saturated rings. The molecule has 3 nitrogen and oxygen atoms in total. The van der Waals surface area contributed by atoms with Crippen molar-refractivity contribution in [2.45, 2.75) is 19.3 Å². The molecule has 0 aliphatic carbocycles. The van der Waals surface area contributed by atoms with Crippen molar-refractivity contribution >= 4 is 0 Å². The summed E-state index contributed by atoms with van der Waals surface area (Å²) in [7, 11) is 1.62. The second-order valence-electron chi connectivity index (χ2n) is 5.12. The number of halogens is 1. The zero-order chi connectivity index (χ0) is 13.5. The van der Waals surface area contributed by atoms with Gasteiger partial charge in [-0.25, -0.2) is 4.39 Å². The van der Waals surface area contributed by atoms with E-state index in [1.807, 2.05) is 0 Å². The van der Waals surface area contributed by atoms with Gasteiger partial charge in [-0.15, -0.1) is 0 Å². The van der Waals surface area contributed by atoms with Crippen molar-refractivity contribution in [2.24, 2.45) is 5.92 Å². The van der Waals surface area contributed by atoms with Crippen LogP contribution in [0.15, 0.2) is 18.2 Å². The summed E-state index contributed by atoms with van der Waals surface area (Å²) in [6.45, 7) is 4.15. The number of benzene rings is 1. The molecular weight excluding hydrogens is 243 g/mol. The number of nitrogens with one attached hydrogen (secondary N) is 2. The molecule has 4 heteroatoms. The Bertz CT molecular complexity index is 392. The number of piperidine rings is 1. The Balaban J connectivity index is 1.74. The predicted octanol–water partition coefficient (Wildman–Crippen LogP) is 1.97. The molecule has 0 bridgehead atoms. The van der Waals surface area contributed by atoms with E-state index in [4.69, 9.17) is 4.74 Å². The Kier molecular flexibility index (Phi) is 5.61. The molecule has 0 aromatic heterocycles. The van der Waals surface area contributed by atoms with E-state index in [0.717, 1.165) is 49.8 Å². The lowest BCUT2D eigenvalue weighted by molar-refractivity contribution is 0.360. The molecule has 0 amide bonds. The molecule has 0 saturated carbocycles. The van der Waals surface area contributed by atoms with E-state index in [-0.39, 0.29) is 5.82 Å². The molecule has 106 valence electrons. The lowest BCUT2D eigenvalue weighted by Gasteiger charge is -2.23. The average Bonchev–Trinajstić information content (AvgIpc) is 2.45. The van der Waals surface area contributed by atoms with Crippen LogP contribution < -0.4 is 15.4 Å². The molecule has 0 radical (unpaired) electrons. The molecule has 1 unspecified atom stereocenters. The largest absolute Gasteiger partial charge is 0.496 e. The summed E-state index contributed by atoms with van der Waals surface area (Å²) in [5, 5.41) is 6.87. The molecule has 1 saturated heterocycles. The third kappa shape index (κ3) is 4.48. The molecule has 1 aliphatic rings. The van der Waals surface area contributed by atoms with Crippen LogP contribution in [-0.2, 0) is 6.42 Å². The van der Waals surface area contributed by atoms with Crippen molar-refractivity contribution in [3.05, 3.63) is 29.6 Å². The number of rotatable bonds is 6. The van der Waals surface area contributed by atoms with E-state index >= 15 is 0 Å². The molecule has 1 aliphatic heterocycles. The summed E-state index contributed by atoms with van der Waals surface area (Å²) in [6, 6.07) is 4.68. The third-order valence-corrected chi connectivity index (χ3v) is 3.65. The molecule has 1 heterocycles. The SMILES string of the molecule is COc1ccc(F)cc1CCNCC1CCCNC1. The molecule has 1 aromatic rings. The van der Waals surface area contributed by atoms with Crippen molar-refractivity contribution in [3.63, 3.8) is 0 Å². The average molecular weight is 266 g/mol. The van der Waals surface area contributed by atoms with Gasteiger partial charge in [-0.05, 0) is 75.1 Å². The first-order valence-electron chi connectivity index (χ1n) is 7.03. The third-order valence-electron chi connectivity index (χ3n) is 3.65. The van der Waals surface area contributed by atoms with Gasteiger partial charge in [0.1, 0.15) is 11.6 Å². The highest BCUT2D eigenvalue weighted by molar-refractivity contribution is 5.34. The smallest absolute Gasteiger partial charge is 0.123 e. The Morgan fingerprint density at radius 2 is 2.37 bits per heavy atom. The minimum absolute atomic E-state index is 0.202. The first-order valence-corrected chi connectivity index (χ1v) is 7.03. The Morgan fingerprint density at radius 1 is 1.47 bits per heavy atom. The fourth-order valence-electron chi connectivity index (χ4n) is 2.57. The highest BCUT2D eigenvalue weighted by Crippen LogP contribution is 2.19. The normalized spacial score (nSPS) is 19.4. The van der Waals surface area contributed by atoms with Gasteiger partial charge >= 0.3 is 0 Å². The quantitative estimate of drug-likeness (QED) is 0.772. The van der Waals surface area contributed by atoms with E-state index in [1.54, 1.807) is 19.2 Å². The Hall–Kier alpha value is -1.13. The van der Waals surface area contributed by atoms with Crippen LogP contribution in [0.4, 0.5) is 4.39 Å². The second kappa shape index (κ2) is 7.46. The number of methoxy groups -OCH3 is 1. The fourth-order valence-corrected chi connectivity index (χ4v) is 2.57. The van der Waals surface area contributed by atoms with Crippen LogP contribution in [0.5, 0.6) is 5.75 Å². The highest BCUT2D eigenvalue weighted by Gasteiger charge is 2.12. The summed E-state index contributed by atoms with van der Waals surface area (Å²) in [5.41, 5.74) is 0.928. The van der Waals surface area contributed by atoms with E-state index in [2.05, 4.69) is 10.6 Å². The van der Waals surface area contributed by atoms with Gasteiger partial charge in [0.2, 0.25) is 0 Å². The topological polar surface area (TPSA) is 33.3 Å². The summed E-state index contributed by atoms with van der Waals surface area (Å²) in [4.78, 5) is 0. The highest BCUT2D eigenvalue weighted by atomic mass is 19.1. The summed E-state index contributed by atoms with van der Waals surface area (Å²) in [5.74, 6) is 1.29. The van der Waals surface area contributed by atoms with E-state index in [9.17, 15) is 4.39 Å². The van der Waals surface area contributed by atoms with Crippen LogP contribution in [-0.4, -0.2) is 33.3 Å². The Morgan fingerprint density at radius 3 is 3.11 bits per heavy atom. The molecule has 2 rings (SSSR count). The number of hydrogen-bond acceptors (Lipinski definition) is 3. The maximum absolute atomic E-state index is 13.2. The minimum Gasteiger partial charge on any atom is -0.496 e. The summed E-state index contributed by atoms with van der Waals surface area (Å²) in [6.07, 6.45) is 3.36. The van der Waals surface area contributed by atoms with Gasteiger partial charge in [0.05, 0.1) is 7.11 Å². The second-order valence-corrected chi connectivity index (χ2v) is 5.12. The van der Waals surface area contributed by atoms with Crippen molar-refractivity contribution < 1.29 is 9.13 Å². The summed E-state index contributed by atoms with van der Waals surface area (Å²) >= 11 is 0. The molecule has 0 spiro atoms. The first kappa shape index (κ1) is 14.3. The van der Waals surface area contributed by atoms with Crippen LogP contribution in [0.3, 0.4) is 0 Å². The van der Waals surface area contributed by atoms with Crippen LogP contribution >= 0.6 is 0 Å². The van der Waals surface area contributed by atoms with Crippen LogP contribution in [0.2, 0.25) is 0 Å². The van der Waals surface area contributed by atoms with Crippen molar-refractivity contribution in [1.82, 2.24) is 10.6 Å². The Labute approximate surface area is 114 Å². The lowest BCUT2D eigenvalue weighted by Crippen LogP contribution is -2.36. The van der Waals surface area contributed by atoms with Gasteiger partial charge in [-0.2, -0.15) is 0 Å². The van der Waals surface area contributed by atoms with Gasteiger partial charge in [0.15, 0.2) is 0 Å². The first-order chi connectivity index (χ1) is 9.29. The number of ether oxygens (including phenoxy) is 1. The van der Waals surface area contributed by atoms with Gasteiger partial charge in [0, 0.05) is 0 Å². The standard InChI is InChI=1S/C15H23FN2O/c1-19-15-5-4-14(16)9-13(15)6-8-18-11-12-3-2-7-17-10-12/h4-5,9,12,17-18H,2-3,6-8,10-11H2,1H3. The van der Waals surface area contributed by atoms with Gasteiger partial charge in [-0.1, -0.05) is 0 Å². The summed E-state index contributed by atoms with van der Waals surface area (Å²) < 4.78 is 18.4. The van der Waals surface area contributed by atoms with Gasteiger partial charge in [0.25, 0.3) is 0 Å². The molecule has 2 N–H and O–H groups in total. The van der Waals surface area contributed by atoms with Gasteiger partial charge in [-0.3, -0.25) is 0 Å². The molecule has 1 aromatic carbocycles. The molecule has 19 heavy (non-hydrogen) atoms. The molecule has 1 atom stereocenters. The van der Waals surface area contributed by atoms with Crippen molar-refractivity contribution in [1.29, 1.82) is 0 Å². The van der Waals surface area contributed by atoms with Crippen molar-refractivity contribution in [3.8, 4) is 5.75 Å². The van der Waals surface area contributed by atoms with Crippen LogP contribution in [0, 0.1) is 11.7 Å². The van der Waals surface area contributed by atoms with Gasteiger partial charge < -0.3 is 15.4 Å². The van der Waals surface area contributed by atoms with Crippen molar-refractivity contribution in [2.75, 3.05) is 33.3 Å². The van der Waals surface area contributed by atoms with E-state index in [0.29, 0.717) is 0 Å². The maximum atomic E-state index is 13.2. The zero-order valence-electron chi connectivity index (χ0n) is 11.5. The maximum Gasteiger partial charge on any atom is 0.123 e. The van der Waals surface area contributed by atoms with E-state index < -0.39 is 0 Å². The lowest BCUT2D eigenvalue weighted by atomic mass is 10.00. The minimum atomic E-state index is -0.202. The van der Waals surface area contributed by atoms with Crippen LogP contribution in [0.25, 0.3) is 0 Å². The monoisotopic (exact) mass is 266 g/mol.